The second-order valence-electron chi connectivity index (χ2n) is 6.76. The first kappa shape index (κ1) is 18.4. The van der Waals surface area contributed by atoms with E-state index >= 15 is 0 Å². The minimum Gasteiger partial charge on any atom is -0.415 e. The standard InChI is InChI=1S/C19H18F3N5O/c20-14-7-5-12(6-8-14)15(11-3-1-2-4-11)25-19-23-9-13(10-24-19)17-26-27-18(28-17)16(21)22/h5-11,15-16H,1-4H2,(H,23,24,25)/t15-/m1/s1. The van der Waals surface area contributed by atoms with Gasteiger partial charge in [0.1, 0.15) is 5.82 Å². The normalized spacial score (nSPS) is 15.9. The van der Waals surface area contributed by atoms with E-state index in [0.29, 0.717) is 17.4 Å². The fourth-order valence-electron chi connectivity index (χ4n) is 3.53. The number of aromatic nitrogens is 4. The summed E-state index contributed by atoms with van der Waals surface area (Å²) >= 11 is 0. The number of alkyl halides is 2. The van der Waals surface area contributed by atoms with E-state index in [2.05, 4.69) is 25.5 Å². The maximum absolute atomic E-state index is 13.3. The van der Waals surface area contributed by atoms with E-state index in [4.69, 9.17) is 4.42 Å². The van der Waals surface area contributed by atoms with Crippen LogP contribution in [0, 0.1) is 11.7 Å². The summed E-state index contributed by atoms with van der Waals surface area (Å²) in [6.45, 7) is 0. The molecule has 0 aliphatic heterocycles. The van der Waals surface area contributed by atoms with Gasteiger partial charge in [-0.05, 0) is 36.5 Å². The summed E-state index contributed by atoms with van der Waals surface area (Å²) in [4.78, 5) is 8.50. The van der Waals surface area contributed by atoms with Crippen molar-refractivity contribution in [1.29, 1.82) is 0 Å². The minimum absolute atomic E-state index is 0.0391. The van der Waals surface area contributed by atoms with Gasteiger partial charge in [0.2, 0.25) is 5.95 Å². The van der Waals surface area contributed by atoms with Crippen LogP contribution in [0.4, 0.5) is 19.1 Å². The van der Waals surface area contributed by atoms with Crippen LogP contribution in [-0.2, 0) is 0 Å². The Morgan fingerprint density at radius 1 is 1.00 bits per heavy atom. The van der Waals surface area contributed by atoms with Gasteiger partial charge in [-0.15, -0.1) is 10.2 Å². The summed E-state index contributed by atoms with van der Waals surface area (Å²) in [5.41, 5.74) is 1.32. The van der Waals surface area contributed by atoms with Gasteiger partial charge >= 0.3 is 6.43 Å². The Labute approximate surface area is 159 Å². The number of benzene rings is 1. The number of nitrogens with one attached hydrogen (secondary N) is 1. The van der Waals surface area contributed by atoms with Crippen molar-refractivity contribution in [2.24, 2.45) is 5.92 Å². The van der Waals surface area contributed by atoms with Crippen LogP contribution in [0.25, 0.3) is 11.5 Å². The molecule has 1 aliphatic carbocycles. The highest BCUT2D eigenvalue weighted by molar-refractivity contribution is 5.50. The largest absolute Gasteiger partial charge is 0.415 e. The maximum atomic E-state index is 13.3. The summed E-state index contributed by atoms with van der Waals surface area (Å²) < 4.78 is 43.4. The van der Waals surface area contributed by atoms with E-state index in [1.165, 1.54) is 24.5 Å². The Balaban J connectivity index is 1.53. The minimum atomic E-state index is -2.83. The van der Waals surface area contributed by atoms with Crippen molar-refractivity contribution in [2.75, 3.05) is 5.32 Å². The van der Waals surface area contributed by atoms with Crippen molar-refractivity contribution in [3.8, 4) is 11.5 Å². The fourth-order valence-corrected chi connectivity index (χ4v) is 3.53. The highest BCUT2D eigenvalue weighted by Crippen LogP contribution is 2.37. The molecule has 1 atom stereocenters. The molecule has 3 aromatic rings. The van der Waals surface area contributed by atoms with E-state index < -0.39 is 12.3 Å². The Hall–Kier alpha value is -2.97. The molecule has 2 aromatic heterocycles. The lowest BCUT2D eigenvalue weighted by Crippen LogP contribution is -2.20. The average Bonchev–Trinajstić information content (AvgIpc) is 3.40. The first-order valence-electron chi connectivity index (χ1n) is 9.06. The Morgan fingerprint density at radius 2 is 1.68 bits per heavy atom. The third-order valence-corrected chi connectivity index (χ3v) is 4.91. The monoisotopic (exact) mass is 389 g/mol. The highest BCUT2D eigenvalue weighted by atomic mass is 19.3. The summed E-state index contributed by atoms with van der Waals surface area (Å²) in [5.74, 6) is -0.295. The third kappa shape index (κ3) is 3.97. The molecule has 146 valence electrons. The molecular weight excluding hydrogens is 371 g/mol. The first-order chi connectivity index (χ1) is 13.6. The van der Waals surface area contributed by atoms with E-state index in [0.717, 1.165) is 31.2 Å². The molecule has 2 heterocycles. The molecular formula is C19H18F3N5O. The molecule has 28 heavy (non-hydrogen) atoms. The average molecular weight is 389 g/mol. The summed E-state index contributed by atoms with van der Waals surface area (Å²) in [6.07, 6.45) is 4.52. The zero-order valence-electron chi connectivity index (χ0n) is 14.9. The number of hydrogen-bond acceptors (Lipinski definition) is 6. The quantitative estimate of drug-likeness (QED) is 0.643. The van der Waals surface area contributed by atoms with Gasteiger partial charge in [-0.1, -0.05) is 25.0 Å². The second kappa shape index (κ2) is 7.95. The number of nitrogens with zero attached hydrogens (tertiary/aromatic N) is 4. The number of anilines is 1. The van der Waals surface area contributed by atoms with Crippen LogP contribution in [0.1, 0.15) is 49.6 Å². The highest BCUT2D eigenvalue weighted by Gasteiger charge is 2.27. The number of rotatable bonds is 6. The van der Waals surface area contributed by atoms with Crippen LogP contribution >= 0.6 is 0 Å². The van der Waals surface area contributed by atoms with Gasteiger partial charge in [0.15, 0.2) is 0 Å². The van der Waals surface area contributed by atoms with Crippen LogP contribution in [-0.4, -0.2) is 20.2 Å². The van der Waals surface area contributed by atoms with Crippen LogP contribution in [0.15, 0.2) is 41.1 Å². The molecule has 1 fully saturated rings. The van der Waals surface area contributed by atoms with Crippen molar-refractivity contribution >= 4 is 5.95 Å². The van der Waals surface area contributed by atoms with Crippen molar-refractivity contribution in [1.82, 2.24) is 20.2 Å². The van der Waals surface area contributed by atoms with Gasteiger partial charge in [0, 0.05) is 12.4 Å². The Bertz CT molecular complexity index is 908. The maximum Gasteiger partial charge on any atom is 0.314 e. The topological polar surface area (TPSA) is 76.7 Å². The molecule has 1 aromatic carbocycles. The van der Waals surface area contributed by atoms with Gasteiger partial charge in [-0.2, -0.15) is 8.78 Å². The lowest BCUT2D eigenvalue weighted by atomic mass is 9.91. The zero-order chi connectivity index (χ0) is 19.5. The van der Waals surface area contributed by atoms with Gasteiger partial charge in [-0.25, -0.2) is 14.4 Å². The van der Waals surface area contributed by atoms with E-state index in [1.807, 2.05) is 0 Å². The molecule has 0 radical (unpaired) electrons. The SMILES string of the molecule is Fc1ccc([C@H](Nc2ncc(-c3nnc(C(F)F)o3)cn2)C2CCCC2)cc1. The van der Waals surface area contributed by atoms with Gasteiger partial charge in [0.25, 0.3) is 11.8 Å². The molecule has 0 unspecified atom stereocenters. The molecule has 6 nitrogen and oxygen atoms in total. The molecule has 0 saturated heterocycles. The van der Waals surface area contributed by atoms with Crippen LogP contribution in [0.3, 0.4) is 0 Å². The first-order valence-corrected chi connectivity index (χ1v) is 9.06. The van der Waals surface area contributed by atoms with Gasteiger partial charge in [-0.3, -0.25) is 0 Å². The smallest absolute Gasteiger partial charge is 0.314 e. The molecule has 0 bridgehead atoms. The predicted octanol–water partition coefficient (Wildman–Crippen LogP) is 4.95. The molecule has 1 N–H and O–H groups in total. The third-order valence-electron chi connectivity index (χ3n) is 4.91. The molecule has 0 amide bonds. The van der Waals surface area contributed by atoms with Crippen molar-refractivity contribution < 1.29 is 17.6 Å². The summed E-state index contributed by atoms with van der Waals surface area (Å²) in [5, 5.41) is 10.2. The van der Waals surface area contributed by atoms with E-state index in [9.17, 15) is 13.2 Å². The van der Waals surface area contributed by atoms with Crippen LogP contribution in [0.5, 0.6) is 0 Å². The molecule has 1 saturated carbocycles. The van der Waals surface area contributed by atoms with Gasteiger partial charge < -0.3 is 9.73 Å². The molecule has 0 spiro atoms. The zero-order valence-corrected chi connectivity index (χ0v) is 14.9. The van der Waals surface area contributed by atoms with Crippen molar-refractivity contribution in [3.63, 3.8) is 0 Å². The Morgan fingerprint density at radius 3 is 2.29 bits per heavy atom. The fraction of sp³-hybridized carbons (Fsp3) is 0.368. The van der Waals surface area contributed by atoms with Crippen LogP contribution < -0.4 is 5.32 Å². The molecule has 9 heteroatoms. The number of halogens is 3. The lowest BCUT2D eigenvalue weighted by molar-refractivity contribution is 0.116. The summed E-state index contributed by atoms with van der Waals surface area (Å²) in [7, 11) is 0. The Kier molecular flexibility index (Phi) is 5.23. The molecule has 1 aliphatic rings. The summed E-state index contributed by atoms with van der Waals surface area (Å²) in [6, 6.07) is 6.38. The van der Waals surface area contributed by atoms with Crippen molar-refractivity contribution in [2.45, 2.75) is 38.2 Å². The molecule has 4 rings (SSSR count). The van der Waals surface area contributed by atoms with Crippen molar-refractivity contribution in [3.05, 3.63) is 53.9 Å². The van der Waals surface area contributed by atoms with E-state index in [-0.39, 0.29) is 17.7 Å². The van der Waals surface area contributed by atoms with Crippen LogP contribution in [0.2, 0.25) is 0 Å². The van der Waals surface area contributed by atoms with Gasteiger partial charge in [0.05, 0.1) is 11.6 Å². The second-order valence-corrected chi connectivity index (χ2v) is 6.76. The van der Waals surface area contributed by atoms with E-state index in [1.54, 1.807) is 12.1 Å². The predicted molar refractivity (Wildman–Crippen MR) is 95.0 cm³/mol. The lowest BCUT2D eigenvalue weighted by Gasteiger charge is -2.25. The number of hydrogen-bond donors (Lipinski definition) is 1.